The van der Waals surface area contributed by atoms with Gasteiger partial charge in [0.2, 0.25) is 5.91 Å². The number of hydrogen-bond donors (Lipinski definition) is 2. The van der Waals surface area contributed by atoms with Crippen LogP contribution in [0.3, 0.4) is 0 Å². The number of nitrogens with one attached hydrogen (secondary N) is 1. The van der Waals surface area contributed by atoms with Crippen LogP contribution in [-0.2, 0) is 18.4 Å². The van der Waals surface area contributed by atoms with Gasteiger partial charge >= 0.3 is 0 Å². The Balaban J connectivity index is 1.86. The molecule has 6 heteroatoms. The number of aryl methyl sites for hydroxylation is 1. The molecule has 20 heavy (non-hydrogen) atoms. The summed E-state index contributed by atoms with van der Waals surface area (Å²) >= 11 is 0. The Bertz CT molecular complexity index is 593. The molecule has 0 saturated carbocycles. The average molecular weight is 273 g/mol. The first kappa shape index (κ1) is 14.1. The second-order valence-corrected chi connectivity index (χ2v) is 4.83. The first-order valence-corrected chi connectivity index (χ1v) is 6.35. The molecule has 0 aliphatic heterocycles. The SMILES string of the molecule is CN(CC(=O)Nc1ccccc1N)Cc1cnn(C)c1. The standard InChI is InChI=1S/C14H19N5O/c1-18(8-11-7-16-19(2)9-11)10-14(20)17-13-6-4-3-5-12(13)15/h3-7,9H,8,10,15H2,1-2H3,(H,17,20). The number of carbonyl (C=O) groups excluding carboxylic acids is 1. The quantitative estimate of drug-likeness (QED) is 0.799. The largest absolute Gasteiger partial charge is 0.397 e. The van der Waals surface area contributed by atoms with Crippen molar-refractivity contribution in [2.24, 2.45) is 7.05 Å². The van der Waals surface area contributed by atoms with Crippen molar-refractivity contribution in [1.82, 2.24) is 14.7 Å². The average Bonchev–Trinajstić information content (AvgIpc) is 2.77. The predicted molar refractivity (Wildman–Crippen MR) is 79.0 cm³/mol. The number of amides is 1. The predicted octanol–water partition coefficient (Wildman–Crippen LogP) is 1.07. The van der Waals surface area contributed by atoms with E-state index in [0.29, 0.717) is 24.5 Å². The fourth-order valence-electron chi connectivity index (χ4n) is 1.97. The molecule has 0 aliphatic rings. The summed E-state index contributed by atoms with van der Waals surface area (Å²) in [6.45, 7) is 0.967. The highest BCUT2D eigenvalue weighted by molar-refractivity contribution is 5.95. The van der Waals surface area contributed by atoms with Crippen LogP contribution >= 0.6 is 0 Å². The number of anilines is 2. The number of rotatable bonds is 5. The fourth-order valence-corrected chi connectivity index (χ4v) is 1.97. The Morgan fingerprint density at radius 1 is 1.45 bits per heavy atom. The zero-order valence-electron chi connectivity index (χ0n) is 11.7. The normalized spacial score (nSPS) is 10.8. The van der Waals surface area contributed by atoms with Crippen LogP contribution in [0.4, 0.5) is 11.4 Å². The molecular weight excluding hydrogens is 254 g/mol. The minimum Gasteiger partial charge on any atom is -0.397 e. The van der Waals surface area contributed by atoms with Gasteiger partial charge in [-0.3, -0.25) is 14.4 Å². The molecule has 0 bridgehead atoms. The van der Waals surface area contributed by atoms with E-state index in [-0.39, 0.29) is 5.91 Å². The van der Waals surface area contributed by atoms with Crippen molar-refractivity contribution >= 4 is 17.3 Å². The van der Waals surface area contributed by atoms with Crippen molar-refractivity contribution in [2.75, 3.05) is 24.6 Å². The number of carbonyl (C=O) groups is 1. The molecule has 0 saturated heterocycles. The molecule has 106 valence electrons. The van der Waals surface area contributed by atoms with Crippen LogP contribution in [0.15, 0.2) is 36.7 Å². The third-order valence-electron chi connectivity index (χ3n) is 2.86. The molecule has 2 aromatic rings. The lowest BCUT2D eigenvalue weighted by Gasteiger charge is -2.15. The van der Waals surface area contributed by atoms with E-state index in [1.54, 1.807) is 23.0 Å². The topological polar surface area (TPSA) is 76.2 Å². The second-order valence-electron chi connectivity index (χ2n) is 4.83. The molecule has 0 radical (unpaired) electrons. The van der Waals surface area contributed by atoms with Crippen molar-refractivity contribution in [3.8, 4) is 0 Å². The van der Waals surface area contributed by atoms with E-state index in [4.69, 9.17) is 5.73 Å². The van der Waals surface area contributed by atoms with Crippen LogP contribution in [0.1, 0.15) is 5.56 Å². The van der Waals surface area contributed by atoms with Gasteiger partial charge in [0.25, 0.3) is 0 Å². The highest BCUT2D eigenvalue weighted by atomic mass is 16.2. The monoisotopic (exact) mass is 273 g/mol. The Hall–Kier alpha value is -2.34. The molecule has 0 atom stereocenters. The van der Waals surface area contributed by atoms with Crippen molar-refractivity contribution in [2.45, 2.75) is 6.54 Å². The van der Waals surface area contributed by atoms with Crippen molar-refractivity contribution in [3.05, 3.63) is 42.2 Å². The summed E-state index contributed by atoms with van der Waals surface area (Å²) in [5.41, 5.74) is 8.07. The maximum atomic E-state index is 11.9. The first-order chi connectivity index (χ1) is 9.54. The first-order valence-electron chi connectivity index (χ1n) is 6.35. The lowest BCUT2D eigenvalue weighted by Crippen LogP contribution is -2.29. The van der Waals surface area contributed by atoms with Crippen LogP contribution < -0.4 is 11.1 Å². The molecule has 0 unspecified atom stereocenters. The number of nitrogens with zero attached hydrogens (tertiary/aromatic N) is 3. The van der Waals surface area contributed by atoms with Crippen LogP contribution in [0, 0.1) is 0 Å². The van der Waals surface area contributed by atoms with E-state index < -0.39 is 0 Å². The molecule has 0 fully saturated rings. The summed E-state index contributed by atoms with van der Waals surface area (Å²) in [4.78, 5) is 13.9. The van der Waals surface area contributed by atoms with Gasteiger partial charge in [0.1, 0.15) is 0 Å². The third-order valence-corrected chi connectivity index (χ3v) is 2.86. The van der Waals surface area contributed by atoms with E-state index in [9.17, 15) is 4.79 Å². The Morgan fingerprint density at radius 3 is 2.85 bits per heavy atom. The van der Waals surface area contributed by atoms with Crippen LogP contribution in [0.5, 0.6) is 0 Å². The zero-order chi connectivity index (χ0) is 14.5. The summed E-state index contributed by atoms with van der Waals surface area (Å²) in [6.07, 6.45) is 3.73. The molecule has 0 spiro atoms. The summed E-state index contributed by atoms with van der Waals surface area (Å²) in [5.74, 6) is -0.0886. The molecule has 3 N–H and O–H groups in total. The number of hydrogen-bond acceptors (Lipinski definition) is 4. The number of benzene rings is 1. The third kappa shape index (κ3) is 3.83. The van der Waals surface area contributed by atoms with E-state index in [1.165, 1.54) is 0 Å². The van der Waals surface area contributed by atoms with Gasteiger partial charge in [-0.1, -0.05) is 12.1 Å². The summed E-state index contributed by atoms with van der Waals surface area (Å²) in [7, 11) is 3.76. The number of likely N-dealkylation sites (N-methyl/N-ethyl adjacent to an activating group) is 1. The van der Waals surface area contributed by atoms with Gasteiger partial charge in [-0.25, -0.2) is 0 Å². The van der Waals surface area contributed by atoms with Gasteiger partial charge in [-0.15, -0.1) is 0 Å². The number of aromatic nitrogens is 2. The van der Waals surface area contributed by atoms with Crippen molar-refractivity contribution < 1.29 is 4.79 Å². The van der Waals surface area contributed by atoms with E-state index in [1.807, 2.05) is 37.3 Å². The van der Waals surface area contributed by atoms with Gasteiger partial charge in [0, 0.05) is 25.4 Å². The Morgan fingerprint density at radius 2 is 2.20 bits per heavy atom. The molecule has 6 nitrogen and oxygen atoms in total. The van der Waals surface area contributed by atoms with E-state index in [2.05, 4.69) is 10.4 Å². The van der Waals surface area contributed by atoms with E-state index >= 15 is 0 Å². The lowest BCUT2D eigenvalue weighted by molar-refractivity contribution is -0.117. The summed E-state index contributed by atoms with van der Waals surface area (Å²) in [6, 6.07) is 7.22. The Kier molecular flexibility index (Phi) is 4.37. The maximum absolute atomic E-state index is 11.9. The number of nitrogens with two attached hydrogens (primary N) is 1. The van der Waals surface area contributed by atoms with Crippen molar-refractivity contribution in [3.63, 3.8) is 0 Å². The van der Waals surface area contributed by atoms with Gasteiger partial charge in [0.05, 0.1) is 24.1 Å². The molecule has 2 rings (SSSR count). The second kappa shape index (κ2) is 6.21. The molecule has 1 heterocycles. The van der Waals surface area contributed by atoms with E-state index in [0.717, 1.165) is 5.56 Å². The number of para-hydroxylation sites is 2. The van der Waals surface area contributed by atoms with Crippen molar-refractivity contribution in [1.29, 1.82) is 0 Å². The fraction of sp³-hybridized carbons (Fsp3) is 0.286. The Labute approximate surface area is 118 Å². The molecule has 0 aliphatic carbocycles. The van der Waals surface area contributed by atoms with Gasteiger partial charge in [0.15, 0.2) is 0 Å². The maximum Gasteiger partial charge on any atom is 0.238 e. The minimum atomic E-state index is -0.0886. The highest BCUT2D eigenvalue weighted by Crippen LogP contribution is 2.16. The minimum absolute atomic E-state index is 0.0886. The number of nitrogen functional groups attached to an aromatic ring is 1. The highest BCUT2D eigenvalue weighted by Gasteiger charge is 2.09. The van der Waals surface area contributed by atoms with Gasteiger partial charge in [-0.05, 0) is 19.2 Å². The smallest absolute Gasteiger partial charge is 0.238 e. The van der Waals surface area contributed by atoms with Gasteiger partial charge < -0.3 is 11.1 Å². The van der Waals surface area contributed by atoms with Crippen LogP contribution in [-0.4, -0.2) is 34.2 Å². The summed E-state index contributed by atoms with van der Waals surface area (Å²) < 4.78 is 1.74. The molecule has 1 aromatic heterocycles. The van der Waals surface area contributed by atoms with Gasteiger partial charge in [-0.2, -0.15) is 5.10 Å². The molecule has 1 aromatic carbocycles. The van der Waals surface area contributed by atoms with Crippen LogP contribution in [0.2, 0.25) is 0 Å². The van der Waals surface area contributed by atoms with Crippen LogP contribution in [0.25, 0.3) is 0 Å². The summed E-state index contributed by atoms with van der Waals surface area (Å²) in [5, 5.41) is 6.91. The molecule has 1 amide bonds. The molecular formula is C14H19N5O. The lowest BCUT2D eigenvalue weighted by atomic mass is 10.2. The zero-order valence-corrected chi connectivity index (χ0v) is 11.7.